The Hall–Kier alpha value is -4.89. The third-order valence-corrected chi connectivity index (χ3v) is 7.82. The summed E-state index contributed by atoms with van der Waals surface area (Å²) in [5.41, 5.74) is 11.9. The number of carboxylic acids is 1. The molecule has 0 saturated carbocycles. The SMILES string of the molecule is C[n+]1cc(NCCN)ccc1-c1ccc(OCC(O/N=C(\C(=O)N[C@@H]2C(=O)N(OS(=O)(=O)O)C2(C)C)c2csc(N)n2)C(=O)O)cc1. The molecule has 47 heavy (non-hydrogen) atoms. The van der Waals surface area contributed by atoms with Gasteiger partial charge in [-0.3, -0.25) is 14.1 Å². The second-order valence-corrected chi connectivity index (χ2v) is 12.5. The molecule has 1 aliphatic rings. The number of aromatic nitrogens is 2. The first-order valence-electron chi connectivity index (χ1n) is 13.8. The van der Waals surface area contributed by atoms with Crippen molar-refractivity contribution in [1.29, 1.82) is 0 Å². The number of anilines is 2. The van der Waals surface area contributed by atoms with Crippen LogP contribution in [0.2, 0.25) is 0 Å². The molecule has 0 spiro atoms. The monoisotopic (exact) mass is 693 g/mol. The van der Waals surface area contributed by atoms with Crippen molar-refractivity contribution in [3.63, 3.8) is 0 Å². The van der Waals surface area contributed by atoms with Crippen LogP contribution in [0.1, 0.15) is 19.5 Å². The third-order valence-electron chi connectivity index (χ3n) is 6.81. The fourth-order valence-electron chi connectivity index (χ4n) is 4.41. The first-order chi connectivity index (χ1) is 22.1. The minimum Gasteiger partial charge on any atom is -0.489 e. The zero-order valence-electron chi connectivity index (χ0n) is 25.3. The highest BCUT2D eigenvalue weighted by Crippen LogP contribution is 2.33. The molecule has 1 saturated heterocycles. The summed E-state index contributed by atoms with van der Waals surface area (Å²) in [6.45, 7) is 3.37. The van der Waals surface area contributed by atoms with E-state index in [4.69, 9.17) is 25.6 Å². The number of hydrogen-bond donors (Lipinski definition) is 6. The van der Waals surface area contributed by atoms with Gasteiger partial charge in [-0.15, -0.1) is 15.6 Å². The highest BCUT2D eigenvalue weighted by Gasteiger charge is 2.58. The molecule has 3 heterocycles. The van der Waals surface area contributed by atoms with Crippen molar-refractivity contribution in [1.82, 2.24) is 15.4 Å². The van der Waals surface area contributed by atoms with Crippen LogP contribution in [0, 0.1) is 0 Å². The number of β-lactam (4-membered cyclic amide) rings is 1. The van der Waals surface area contributed by atoms with E-state index in [0.29, 0.717) is 23.9 Å². The summed E-state index contributed by atoms with van der Waals surface area (Å²) in [6, 6.07) is 9.45. The van der Waals surface area contributed by atoms with E-state index in [2.05, 4.69) is 25.1 Å². The van der Waals surface area contributed by atoms with Crippen molar-refractivity contribution in [2.45, 2.75) is 31.5 Å². The normalized spacial score (nSPS) is 16.6. The van der Waals surface area contributed by atoms with Crippen molar-refractivity contribution < 1.29 is 50.9 Å². The minimum absolute atomic E-state index is 0.0580. The lowest BCUT2D eigenvalue weighted by molar-refractivity contribution is -0.659. The quantitative estimate of drug-likeness (QED) is 0.0392. The first-order valence-corrected chi connectivity index (χ1v) is 16.0. The number of hydroxylamine groups is 2. The summed E-state index contributed by atoms with van der Waals surface area (Å²) in [4.78, 5) is 46.9. The molecule has 1 aromatic carbocycles. The van der Waals surface area contributed by atoms with E-state index in [1.54, 1.807) is 24.3 Å². The number of aliphatic carboxylic acids is 1. The summed E-state index contributed by atoms with van der Waals surface area (Å²) in [6.07, 6.45) is 0.247. The smallest absolute Gasteiger partial charge is 0.418 e. The van der Waals surface area contributed by atoms with E-state index in [0.717, 1.165) is 28.3 Å². The van der Waals surface area contributed by atoms with Crippen molar-refractivity contribution in [2.75, 3.05) is 30.7 Å². The molecule has 0 aliphatic carbocycles. The molecule has 0 bridgehead atoms. The van der Waals surface area contributed by atoms with Crippen molar-refractivity contribution in [3.8, 4) is 17.0 Å². The van der Waals surface area contributed by atoms with Gasteiger partial charge in [0.05, 0.1) is 11.2 Å². The number of thiazole rings is 1. The molecule has 4 rings (SSSR count). The maximum atomic E-state index is 13.2. The van der Waals surface area contributed by atoms with E-state index < -0.39 is 58.2 Å². The summed E-state index contributed by atoms with van der Waals surface area (Å²) >= 11 is 0.958. The van der Waals surface area contributed by atoms with Crippen LogP contribution in [0.3, 0.4) is 0 Å². The van der Waals surface area contributed by atoms with Gasteiger partial charge >= 0.3 is 16.4 Å². The van der Waals surface area contributed by atoms with Crippen molar-refractivity contribution in [3.05, 3.63) is 53.7 Å². The first kappa shape index (κ1) is 35.0. The molecule has 18 nitrogen and oxygen atoms in total. The van der Waals surface area contributed by atoms with Gasteiger partial charge in [0.2, 0.25) is 5.69 Å². The van der Waals surface area contributed by atoms with Crippen LogP contribution < -0.4 is 31.4 Å². The number of rotatable bonds is 15. The van der Waals surface area contributed by atoms with E-state index in [-0.39, 0.29) is 10.8 Å². The lowest BCUT2D eigenvalue weighted by atomic mass is 9.84. The molecular weight excluding hydrogens is 660 g/mol. The molecule has 20 heteroatoms. The van der Waals surface area contributed by atoms with Gasteiger partial charge in [0.25, 0.3) is 17.9 Å². The number of carbonyl (C=O) groups excluding carboxylic acids is 2. The minimum atomic E-state index is -5.02. The number of pyridine rings is 1. The zero-order chi connectivity index (χ0) is 34.5. The second kappa shape index (κ2) is 14.3. The topological polar surface area (TPSA) is 262 Å². The van der Waals surface area contributed by atoms with Crippen LogP contribution in [-0.4, -0.2) is 89.0 Å². The Labute approximate surface area is 272 Å². The Morgan fingerprint density at radius 2 is 1.94 bits per heavy atom. The predicted octanol–water partition coefficient (Wildman–Crippen LogP) is -0.320. The van der Waals surface area contributed by atoms with Crippen LogP contribution in [-0.2, 0) is 41.0 Å². The molecule has 252 valence electrons. The Kier molecular flexibility index (Phi) is 10.6. The Morgan fingerprint density at radius 1 is 1.23 bits per heavy atom. The second-order valence-electron chi connectivity index (χ2n) is 10.6. The van der Waals surface area contributed by atoms with Crippen LogP contribution in [0.5, 0.6) is 5.75 Å². The number of nitrogens with one attached hydrogen (secondary N) is 2. The maximum absolute atomic E-state index is 13.2. The Morgan fingerprint density at radius 3 is 2.49 bits per heavy atom. The molecular formula is C27H33N8O10S2+. The molecule has 3 aromatic rings. The van der Waals surface area contributed by atoms with Gasteiger partial charge in [-0.2, -0.15) is 18.0 Å². The summed E-state index contributed by atoms with van der Waals surface area (Å²) in [5, 5.41) is 20.8. The molecule has 2 atom stereocenters. The fraction of sp³-hybridized carbons (Fsp3) is 0.333. The zero-order valence-corrected chi connectivity index (χ0v) is 26.9. The number of oxime groups is 1. The molecule has 1 fully saturated rings. The number of amides is 2. The third kappa shape index (κ3) is 8.48. The average Bonchev–Trinajstić information content (AvgIpc) is 3.44. The van der Waals surface area contributed by atoms with E-state index in [9.17, 15) is 27.9 Å². The highest BCUT2D eigenvalue weighted by atomic mass is 32.3. The van der Waals surface area contributed by atoms with Gasteiger partial charge in [0, 0.05) is 30.1 Å². The lowest BCUT2D eigenvalue weighted by Gasteiger charge is -2.50. The fourth-order valence-corrected chi connectivity index (χ4v) is 5.41. The molecule has 2 amide bonds. The number of nitrogen functional groups attached to an aromatic ring is 1. The lowest BCUT2D eigenvalue weighted by Crippen LogP contribution is -2.76. The van der Waals surface area contributed by atoms with Gasteiger partial charge in [0.15, 0.2) is 17.0 Å². The number of carbonyl (C=O) groups is 3. The number of benzene rings is 1. The van der Waals surface area contributed by atoms with Gasteiger partial charge in [-0.05, 0) is 44.2 Å². The van der Waals surface area contributed by atoms with Gasteiger partial charge in [0.1, 0.15) is 31.1 Å². The van der Waals surface area contributed by atoms with Crippen molar-refractivity contribution in [2.24, 2.45) is 17.9 Å². The molecule has 2 aromatic heterocycles. The standard InChI is InChI=1S/C27H32N8O10S2/c1-27(2)22(24(37)35(27)45-47(40,41)42)32-23(36)21(18-14-46-26(29)31-18)33-44-20(25(38)39)13-43-17-7-4-15(5-8-17)19-9-6-16(12-34(19)3)30-11-10-28/h4-9,12,14,20,22,30H,10-11,13,28H2,1-3H3,(H4-,29,31,32,36,38,39,40,41,42)/p+1/b33-21-/t20?,22-/m1/s1. The van der Waals surface area contributed by atoms with Crippen LogP contribution in [0.4, 0.5) is 10.8 Å². The van der Waals surface area contributed by atoms with Crippen LogP contribution >= 0.6 is 11.3 Å². The van der Waals surface area contributed by atoms with E-state index in [1.807, 2.05) is 29.9 Å². The number of aryl methyl sites for hydroxylation is 1. The summed E-state index contributed by atoms with van der Waals surface area (Å²) in [5.74, 6) is -3.13. The molecule has 8 N–H and O–H groups in total. The van der Waals surface area contributed by atoms with E-state index in [1.165, 1.54) is 19.2 Å². The van der Waals surface area contributed by atoms with Crippen molar-refractivity contribution >= 4 is 56.1 Å². The number of nitrogens with two attached hydrogens (primary N) is 2. The molecule has 1 aliphatic heterocycles. The summed E-state index contributed by atoms with van der Waals surface area (Å²) in [7, 11) is -3.12. The Balaban J connectivity index is 1.45. The largest absolute Gasteiger partial charge is 0.489 e. The maximum Gasteiger partial charge on any atom is 0.418 e. The van der Waals surface area contributed by atoms with Crippen LogP contribution in [0.15, 0.2) is 53.1 Å². The number of ether oxygens (including phenoxy) is 1. The number of nitrogens with zero attached hydrogens (tertiary/aromatic N) is 4. The van der Waals surface area contributed by atoms with Gasteiger partial charge in [-0.1, -0.05) is 5.16 Å². The Bertz CT molecular complexity index is 1780. The molecule has 1 unspecified atom stereocenters. The average molecular weight is 694 g/mol. The summed E-state index contributed by atoms with van der Waals surface area (Å²) < 4.78 is 43.0. The highest BCUT2D eigenvalue weighted by molar-refractivity contribution is 7.80. The predicted molar refractivity (Wildman–Crippen MR) is 167 cm³/mol. The van der Waals surface area contributed by atoms with Gasteiger partial charge in [-0.25, -0.2) is 9.78 Å². The molecule has 0 radical (unpaired) electrons. The number of hydrogen-bond acceptors (Lipinski definition) is 14. The van der Waals surface area contributed by atoms with E-state index >= 15 is 0 Å². The number of carboxylic acid groups (broad SMARTS) is 1. The van der Waals surface area contributed by atoms with Crippen LogP contribution in [0.25, 0.3) is 11.3 Å². The van der Waals surface area contributed by atoms with Gasteiger partial charge < -0.3 is 36.8 Å².